The van der Waals surface area contributed by atoms with Crippen molar-refractivity contribution >= 4 is 5.91 Å². The molecule has 0 aromatic heterocycles. The Balaban J connectivity index is 3.11. The third kappa shape index (κ3) is 2.44. The van der Waals surface area contributed by atoms with Gasteiger partial charge in [0.05, 0.1) is 19.8 Å². The van der Waals surface area contributed by atoms with E-state index in [9.17, 15) is 9.18 Å². The van der Waals surface area contributed by atoms with Crippen LogP contribution in [0.5, 0.6) is 5.75 Å². The molecule has 0 spiro atoms. The SMILES string of the molecule is COc1ccc(F)cc1C(=O)N(C)OC. The molecular formula is C10H12FNO3. The summed E-state index contributed by atoms with van der Waals surface area (Å²) in [4.78, 5) is 16.4. The van der Waals surface area contributed by atoms with Crippen molar-refractivity contribution in [3.63, 3.8) is 0 Å². The lowest BCUT2D eigenvalue weighted by Crippen LogP contribution is -2.25. The summed E-state index contributed by atoms with van der Waals surface area (Å²) in [5.41, 5.74) is 0.127. The van der Waals surface area contributed by atoms with Crippen LogP contribution in [0.4, 0.5) is 4.39 Å². The molecule has 5 heteroatoms. The third-order valence-corrected chi connectivity index (χ3v) is 1.95. The second kappa shape index (κ2) is 4.75. The number of carbonyl (C=O) groups is 1. The molecule has 1 rings (SSSR count). The molecule has 0 aliphatic carbocycles. The Labute approximate surface area is 87.2 Å². The Morgan fingerprint density at radius 3 is 2.60 bits per heavy atom. The molecule has 0 radical (unpaired) electrons. The zero-order valence-corrected chi connectivity index (χ0v) is 8.78. The first-order valence-electron chi connectivity index (χ1n) is 4.26. The van der Waals surface area contributed by atoms with E-state index >= 15 is 0 Å². The van der Waals surface area contributed by atoms with E-state index in [1.54, 1.807) is 0 Å². The summed E-state index contributed by atoms with van der Waals surface area (Å²) in [6, 6.07) is 3.73. The summed E-state index contributed by atoms with van der Waals surface area (Å²) in [6.45, 7) is 0. The van der Waals surface area contributed by atoms with Crippen LogP contribution in [0.2, 0.25) is 0 Å². The lowest BCUT2D eigenvalue weighted by molar-refractivity contribution is -0.0758. The van der Waals surface area contributed by atoms with Crippen molar-refractivity contribution in [1.29, 1.82) is 0 Å². The van der Waals surface area contributed by atoms with Gasteiger partial charge in [-0.1, -0.05) is 0 Å². The number of rotatable bonds is 3. The van der Waals surface area contributed by atoms with Gasteiger partial charge in [-0.3, -0.25) is 9.63 Å². The van der Waals surface area contributed by atoms with Crippen molar-refractivity contribution in [1.82, 2.24) is 5.06 Å². The van der Waals surface area contributed by atoms with Gasteiger partial charge in [0.15, 0.2) is 0 Å². The molecule has 0 aliphatic heterocycles. The lowest BCUT2D eigenvalue weighted by Gasteiger charge is -2.15. The first kappa shape index (κ1) is 11.5. The number of hydrogen-bond acceptors (Lipinski definition) is 3. The maximum absolute atomic E-state index is 12.9. The molecule has 4 nitrogen and oxygen atoms in total. The Kier molecular flexibility index (Phi) is 3.62. The molecule has 15 heavy (non-hydrogen) atoms. The van der Waals surface area contributed by atoms with Gasteiger partial charge in [-0.05, 0) is 18.2 Å². The fourth-order valence-corrected chi connectivity index (χ4v) is 1.10. The number of carbonyl (C=O) groups excluding carboxylic acids is 1. The van der Waals surface area contributed by atoms with Crippen molar-refractivity contribution < 1.29 is 18.8 Å². The maximum atomic E-state index is 12.9. The minimum Gasteiger partial charge on any atom is -0.496 e. The van der Waals surface area contributed by atoms with Crippen LogP contribution in [-0.2, 0) is 4.84 Å². The molecule has 82 valence electrons. The number of hydroxylamine groups is 2. The summed E-state index contributed by atoms with van der Waals surface area (Å²) in [7, 11) is 4.20. The van der Waals surface area contributed by atoms with E-state index in [-0.39, 0.29) is 5.56 Å². The number of ether oxygens (including phenoxy) is 1. The van der Waals surface area contributed by atoms with Gasteiger partial charge in [-0.15, -0.1) is 0 Å². The predicted molar refractivity (Wildman–Crippen MR) is 52.1 cm³/mol. The Morgan fingerprint density at radius 1 is 1.40 bits per heavy atom. The van der Waals surface area contributed by atoms with Gasteiger partial charge in [-0.25, -0.2) is 9.45 Å². The van der Waals surface area contributed by atoms with Gasteiger partial charge in [0.2, 0.25) is 0 Å². The highest BCUT2D eigenvalue weighted by Crippen LogP contribution is 2.20. The minimum absolute atomic E-state index is 0.127. The lowest BCUT2D eigenvalue weighted by atomic mass is 10.2. The van der Waals surface area contributed by atoms with Crippen LogP contribution in [0.15, 0.2) is 18.2 Å². The fraction of sp³-hybridized carbons (Fsp3) is 0.300. The number of nitrogens with zero attached hydrogens (tertiary/aromatic N) is 1. The first-order valence-corrected chi connectivity index (χ1v) is 4.26. The topological polar surface area (TPSA) is 38.8 Å². The first-order chi connectivity index (χ1) is 7.10. The molecule has 0 bridgehead atoms. The van der Waals surface area contributed by atoms with E-state index < -0.39 is 11.7 Å². The Morgan fingerprint density at radius 2 is 2.07 bits per heavy atom. The standard InChI is InChI=1S/C10H12FNO3/c1-12(15-3)10(13)8-6-7(11)4-5-9(8)14-2/h4-6H,1-3H3. The maximum Gasteiger partial charge on any atom is 0.281 e. The summed E-state index contributed by atoms with van der Waals surface area (Å²) >= 11 is 0. The van der Waals surface area contributed by atoms with Crippen molar-refractivity contribution in [2.75, 3.05) is 21.3 Å². The van der Waals surface area contributed by atoms with E-state index in [1.165, 1.54) is 33.4 Å². The minimum atomic E-state index is -0.497. The van der Waals surface area contributed by atoms with Crippen LogP contribution >= 0.6 is 0 Å². The van der Waals surface area contributed by atoms with Gasteiger partial charge in [0.25, 0.3) is 5.91 Å². The summed E-state index contributed by atoms with van der Waals surface area (Å²) in [5, 5.41) is 0.997. The highest BCUT2D eigenvalue weighted by Gasteiger charge is 2.17. The van der Waals surface area contributed by atoms with Gasteiger partial charge in [0, 0.05) is 7.05 Å². The second-order valence-corrected chi connectivity index (χ2v) is 2.83. The molecule has 0 heterocycles. The van der Waals surface area contributed by atoms with Crippen LogP contribution in [0.3, 0.4) is 0 Å². The summed E-state index contributed by atoms with van der Waals surface area (Å²) in [6.07, 6.45) is 0. The number of amides is 1. The molecule has 1 amide bonds. The van der Waals surface area contributed by atoms with Crippen molar-refractivity contribution in [2.24, 2.45) is 0 Å². The van der Waals surface area contributed by atoms with Gasteiger partial charge < -0.3 is 4.74 Å². The van der Waals surface area contributed by atoms with E-state index in [2.05, 4.69) is 0 Å². The molecular weight excluding hydrogens is 201 g/mol. The molecule has 0 saturated carbocycles. The zero-order valence-electron chi connectivity index (χ0n) is 8.78. The van der Waals surface area contributed by atoms with Gasteiger partial charge >= 0.3 is 0 Å². The Bertz CT molecular complexity index is 368. The molecule has 1 aromatic carbocycles. The number of halogens is 1. The van der Waals surface area contributed by atoms with Crippen molar-refractivity contribution in [3.05, 3.63) is 29.6 Å². The highest BCUT2D eigenvalue weighted by atomic mass is 19.1. The molecule has 1 aromatic rings. The quantitative estimate of drug-likeness (QED) is 0.713. The average molecular weight is 213 g/mol. The van der Waals surface area contributed by atoms with Crippen LogP contribution in [0, 0.1) is 5.82 Å². The molecule has 0 atom stereocenters. The smallest absolute Gasteiger partial charge is 0.281 e. The van der Waals surface area contributed by atoms with E-state index in [0.717, 1.165) is 11.1 Å². The number of hydrogen-bond donors (Lipinski definition) is 0. The van der Waals surface area contributed by atoms with E-state index in [0.29, 0.717) is 5.75 Å². The van der Waals surface area contributed by atoms with Gasteiger partial charge in [0.1, 0.15) is 11.6 Å². The molecule has 0 saturated heterocycles. The van der Waals surface area contributed by atoms with Crippen LogP contribution in [-0.4, -0.2) is 32.2 Å². The highest BCUT2D eigenvalue weighted by molar-refractivity contribution is 5.96. The zero-order chi connectivity index (χ0) is 11.4. The van der Waals surface area contributed by atoms with E-state index in [1.807, 2.05) is 0 Å². The van der Waals surface area contributed by atoms with Crippen molar-refractivity contribution in [3.8, 4) is 5.75 Å². The van der Waals surface area contributed by atoms with Crippen molar-refractivity contribution in [2.45, 2.75) is 0 Å². The largest absolute Gasteiger partial charge is 0.496 e. The Hall–Kier alpha value is -1.62. The van der Waals surface area contributed by atoms with E-state index in [4.69, 9.17) is 9.57 Å². The fourth-order valence-electron chi connectivity index (χ4n) is 1.10. The predicted octanol–water partition coefficient (Wildman–Crippen LogP) is 1.47. The third-order valence-electron chi connectivity index (χ3n) is 1.95. The molecule has 0 unspecified atom stereocenters. The summed E-state index contributed by atoms with van der Waals surface area (Å²) in [5.74, 6) is -0.650. The van der Waals surface area contributed by atoms with Crippen LogP contribution in [0.1, 0.15) is 10.4 Å². The monoisotopic (exact) mass is 213 g/mol. The normalized spacial score (nSPS) is 9.87. The number of benzene rings is 1. The summed E-state index contributed by atoms with van der Waals surface area (Å²) < 4.78 is 17.9. The average Bonchev–Trinajstić information content (AvgIpc) is 2.27. The second-order valence-electron chi connectivity index (χ2n) is 2.83. The van der Waals surface area contributed by atoms with Crippen LogP contribution in [0.25, 0.3) is 0 Å². The van der Waals surface area contributed by atoms with Crippen LogP contribution < -0.4 is 4.74 Å². The molecule has 0 N–H and O–H groups in total. The van der Waals surface area contributed by atoms with Gasteiger partial charge in [-0.2, -0.15) is 0 Å². The molecule has 0 fully saturated rings. The molecule has 0 aliphatic rings. The number of methoxy groups -OCH3 is 1.